The van der Waals surface area contributed by atoms with Crippen LogP contribution in [0.2, 0.25) is 0 Å². The first-order valence-corrected chi connectivity index (χ1v) is 8.49. The number of rotatable bonds is 5. The predicted octanol–water partition coefficient (Wildman–Crippen LogP) is 2.66. The smallest absolute Gasteiger partial charge is 0.253 e. The van der Waals surface area contributed by atoms with E-state index in [1.54, 1.807) is 14.2 Å². The summed E-state index contributed by atoms with van der Waals surface area (Å²) in [5, 5.41) is 0. The third-order valence-electron chi connectivity index (χ3n) is 4.53. The fraction of sp³-hybridized carbons (Fsp3) is 0.350. The van der Waals surface area contributed by atoms with E-state index in [0.717, 1.165) is 49.8 Å². The van der Waals surface area contributed by atoms with Gasteiger partial charge in [-0.05, 0) is 29.8 Å². The van der Waals surface area contributed by atoms with E-state index in [0.29, 0.717) is 0 Å². The van der Waals surface area contributed by atoms with Crippen LogP contribution in [0.3, 0.4) is 0 Å². The molecule has 3 rings (SSSR count). The fourth-order valence-electron chi connectivity index (χ4n) is 3.11. The minimum Gasteiger partial charge on any atom is -0.493 e. The highest BCUT2D eigenvalue weighted by molar-refractivity contribution is 5.94. The Kier molecular flexibility index (Phi) is 5.56. The standard InChI is InChI=1S/C20H24N2O3/c1-24-18-9-8-16(14-19(18)25-2)15-21-10-12-22(13-11-21)20(23)17-6-4-3-5-7-17/h3-9,14H,10-13,15H2,1-2H3. The van der Waals surface area contributed by atoms with Crippen LogP contribution in [0.25, 0.3) is 0 Å². The summed E-state index contributed by atoms with van der Waals surface area (Å²) in [4.78, 5) is 16.8. The fourth-order valence-corrected chi connectivity index (χ4v) is 3.11. The second-order valence-electron chi connectivity index (χ2n) is 6.12. The maximum atomic E-state index is 12.5. The number of carbonyl (C=O) groups is 1. The first kappa shape index (κ1) is 17.3. The maximum Gasteiger partial charge on any atom is 0.253 e. The molecule has 25 heavy (non-hydrogen) atoms. The molecular formula is C20H24N2O3. The lowest BCUT2D eigenvalue weighted by atomic mass is 10.1. The molecule has 5 heteroatoms. The molecule has 0 radical (unpaired) electrons. The Hall–Kier alpha value is -2.53. The zero-order valence-corrected chi connectivity index (χ0v) is 14.8. The van der Waals surface area contributed by atoms with Gasteiger partial charge in [-0.2, -0.15) is 0 Å². The summed E-state index contributed by atoms with van der Waals surface area (Å²) >= 11 is 0. The van der Waals surface area contributed by atoms with Gasteiger partial charge in [0.25, 0.3) is 5.91 Å². The van der Waals surface area contributed by atoms with E-state index in [2.05, 4.69) is 11.0 Å². The molecule has 1 aliphatic heterocycles. The zero-order valence-electron chi connectivity index (χ0n) is 14.8. The number of nitrogens with zero attached hydrogens (tertiary/aromatic N) is 2. The lowest BCUT2D eigenvalue weighted by Gasteiger charge is -2.34. The zero-order chi connectivity index (χ0) is 17.6. The average molecular weight is 340 g/mol. The van der Waals surface area contributed by atoms with Gasteiger partial charge in [-0.3, -0.25) is 9.69 Å². The molecule has 0 atom stereocenters. The van der Waals surface area contributed by atoms with Crippen molar-refractivity contribution in [2.75, 3.05) is 40.4 Å². The Morgan fingerprint density at radius 3 is 2.24 bits per heavy atom. The summed E-state index contributed by atoms with van der Waals surface area (Å²) in [6.45, 7) is 4.08. The molecule has 1 heterocycles. The van der Waals surface area contributed by atoms with Gasteiger partial charge in [0.2, 0.25) is 0 Å². The predicted molar refractivity (Wildman–Crippen MR) is 97.2 cm³/mol. The van der Waals surface area contributed by atoms with Gasteiger partial charge >= 0.3 is 0 Å². The number of amides is 1. The summed E-state index contributed by atoms with van der Waals surface area (Å²) in [7, 11) is 3.29. The van der Waals surface area contributed by atoms with Gasteiger partial charge in [-0.25, -0.2) is 0 Å². The quantitative estimate of drug-likeness (QED) is 0.839. The Balaban J connectivity index is 1.57. The minimum atomic E-state index is 0.117. The van der Waals surface area contributed by atoms with E-state index in [-0.39, 0.29) is 5.91 Å². The number of hydrogen-bond acceptors (Lipinski definition) is 4. The van der Waals surface area contributed by atoms with Crippen LogP contribution in [0.4, 0.5) is 0 Å². The van der Waals surface area contributed by atoms with E-state index in [9.17, 15) is 4.79 Å². The van der Waals surface area contributed by atoms with Gasteiger partial charge in [0.1, 0.15) is 0 Å². The van der Waals surface area contributed by atoms with Gasteiger partial charge in [0, 0.05) is 38.3 Å². The van der Waals surface area contributed by atoms with Crippen molar-refractivity contribution in [3.63, 3.8) is 0 Å². The van der Waals surface area contributed by atoms with E-state index < -0.39 is 0 Å². The Morgan fingerprint density at radius 1 is 0.920 bits per heavy atom. The second-order valence-corrected chi connectivity index (χ2v) is 6.12. The van der Waals surface area contributed by atoms with Crippen molar-refractivity contribution in [3.8, 4) is 11.5 Å². The van der Waals surface area contributed by atoms with Crippen LogP contribution in [0.15, 0.2) is 48.5 Å². The summed E-state index contributed by atoms with van der Waals surface area (Å²) in [5.41, 5.74) is 1.94. The van der Waals surface area contributed by atoms with Crippen molar-refractivity contribution < 1.29 is 14.3 Å². The first-order valence-electron chi connectivity index (χ1n) is 8.49. The van der Waals surface area contributed by atoms with Crippen LogP contribution in [0.1, 0.15) is 15.9 Å². The molecule has 0 saturated carbocycles. The molecule has 1 saturated heterocycles. The van der Waals surface area contributed by atoms with Gasteiger partial charge in [0.15, 0.2) is 11.5 Å². The minimum absolute atomic E-state index is 0.117. The van der Waals surface area contributed by atoms with Crippen LogP contribution in [-0.4, -0.2) is 56.1 Å². The van der Waals surface area contributed by atoms with Crippen molar-refractivity contribution in [2.24, 2.45) is 0 Å². The van der Waals surface area contributed by atoms with Crippen molar-refractivity contribution in [1.29, 1.82) is 0 Å². The highest BCUT2D eigenvalue weighted by Crippen LogP contribution is 2.28. The van der Waals surface area contributed by atoms with Gasteiger partial charge in [0.05, 0.1) is 14.2 Å². The molecule has 1 amide bonds. The molecule has 0 spiro atoms. The topological polar surface area (TPSA) is 42.0 Å². The highest BCUT2D eigenvalue weighted by Gasteiger charge is 2.22. The van der Waals surface area contributed by atoms with Crippen LogP contribution in [0, 0.1) is 0 Å². The number of methoxy groups -OCH3 is 2. The van der Waals surface area contributed by atoms with Crippen LogP contribution in [0.5, 0.6) is 11.5 Å². The summed E-state index contributed by atoms with van der Waals surface area (Å²) in [6, 6.07) is 15.5. The molecule has 1 fully saturated rings. The molecule has 0 bridgehead atoms. The van der Waals surface area contributed by atoms with Crippen LogP contribution in [-0.2, 0) is 6.54 Å². The van der Waals surface area contributed by atoms with Crippen LogP contribution < -0.4 is 9.47 Å². The summed E-state index contributed by atoms with van der Waals surface area (Å²) in [6.07, 6.45) is 0. The van der Waals surface area contributed by atoms with Crippen molar-refractivity contribution in [1.82, 2.24) is 9.80 Å². The number of carbonyl (C=O) groups excluding carboxylic acids is 1. The first-order chi connectivity index (χ1) is 12.2. The number of piperazine rings is 1. The summed E-state index contributed by atoms with van der Waals surface area (Å²) in [5.74, 6) is 1.61. The van der Waals surface area contributed by atoms with E-state index >= 15 is 0 Å². The van der Waals surface area contributed by atoms with E-state index in [4.69, 9.17) is 9.47 Å². The molecule has 0 aromatic heterocycles. The number of ether oxygens (including phenoxy) is 2. The van der Waals surface area contributed by atoms with Crippen molar-refractivity contribution >= 4 is 5.91 Å². The lowest BCUT2D eigenvalue weighted by Crippen LogP contribution is -2.48. The molecule has 0 aliphatic carbocycles. The third kappa shape index (κ3) is 4.12. The molecule has 0 N–H and O–H groups in total. The Morgan fingerprint density at radius 2 is 1.60 bits per heavy atom. The van der Waals surface area contributed by atoms with Gasteiger partial charge < -0.3 is 14.4 Å². The molecule has 2 aromatic rings. The number of benzene rings is 2. The Bertz CT molecular complexity index is 710. The monoisotopic (exact) mass is 340 g/mol. The van der Waals surface area contributed by atoms with Gasteiger partial charge in [-0.1, -0.05) is 24.3 Å². The molecule has 0 unspecified atom stereocenters. The molecular weight excluding hydrogens is 316 g/mol. The SMILES string of the molecule is COc1ccc(CN2CCN(C(=O)c3ccccc3)CC2)cc1OC. The molecule has 132 valence electrons. The third-order valence-corrected chi connectivity index (χ3v) is 4.53. The highest BCUT2D eigenvalue weighted by atomic mass is 16.5. The summed E-state index contributed by atoms with van der Waals surface area (Å²) < 4.78 is 10.6. The molecule has 1 aliphatic rings. The van der Waals surface area contributed by atoms with Crippen LogP contribution >= 0.6 is 0 Å². The van der Waals surface area contributed by atoms with E-state index in [1.165, 1.54) is 5.56 Å². The molecule has 2 aromatic carbocycles. The second kappa shape index (κ2) is 8.03. The maximum absolute atomic E-state index is 12.5. The lowest BCUT2D eigenvalue weighted by molar-refractivity contribution is 0.0628. The van der Waals surface area contributed by atoms with Gasteiger partial charge in [-0.15, -0.1) is 0 Å². The molecule has 5 nitrogen and oxygen atoms in total. The Labute approximate surface area is 148 Å². The van der Waals surface area contributed by atoms with E-state index in [1.807, 2.05) is 47.4 Å². The van der Waals surface area contributed by atoms with Crippen molar-refractivity contribution in [2.45, 2.75) is 6.54 Å². The van der Waals surface area contributed by atoms with Crippen molar-refractivity contribution in [3.05, 3.63) is 59.7 Å². The average Bonchev–Trinajstić information content (AvgIpc) is 2.68. The normalized spacial score (nSPS) is 15.0. The number of hydrogen-bond donors (Lipinski definition) is 0. The largest absolute Gasteiger partial charge is 0.493 e.